The lowest BCUT2D eigenvalue weighted by atomic mass is 10.1. The minimum absolute atomic E-state index is 0.863. The number of furan rings is 1. The lowest BCUT2D eigenvalue weighted by Gasteiger charge is -1.94. The van der Waals surface area contributed by atoms with Gasteiger partial charge in [-0.05, 0) is 12.1 Å². The summed E-state index contributed by atoms with van der Waals surface area (Å²) < 4.78 is 5.58. The van der Waals surface area contributed by atoms with Crippen LogP contribution in [0.2, 0.25) is 0 Å². The van der Waals surface area contributed by atoms with Gasteiger partial charge in [-0.25, -0.2) is 0 Å². The molecule has 0 unspecified atom stereocenters. The maximum absolute atomic E-state index is 5.58. The molecule has 2 heterocycles. The van der Waals surface area contributed by atoms with Crippen molar-refractivity contribution in [1.82, 2.24) is 0 Å². The van der Waals surface area contributed by atoms with Gasteiger partial charge in [-0.15, -0.1) is 11.3 Å². The first-order chi connectivity index (χ1) is 7.43. The van der Waals surface area contributed by atoms with Crippen molar-refractivity contribution in [3.05, 3.63) is 58.7 Å². The average molecular weight is 213 g/mol. The van der Waals surface area contributed by atoms with Gasteiger partial charge in [-0.2, -0.15) is 0 Å². The normalized spacial score (nSPS) is 10.9. The van der Waals surface area contributed by atoms with E-state index in [9.17, 15) is 0 Å². The number of fused-ring (bicyclic) bond motifs is 1. The summed E-state index contributed by atoms with van der Waals surface area (Å²) in [5, 5.41) is 5.48. The third-order valence-electron chi connectivity index (χ3n) is 2.45. The van der Waals surface area contributed by atoms with Gasteiger partial charge in [0.1, 0.15) is 5.76 Å². The molecule has 1 nitrogen and oxygen atoms in total. The van der Waals surface area contributed by atoms with Crippen LogP contribution in [0, 0.1) is 5.38 Å². The molecule has 15 heavy (non-hydrogen) atoms. The van der Waals surface area contributed by atoms with Crippen molar-refractivity contribution < 1.29 is 4.42 Å². The first-order valence-corrected chi connectivity index (χ1v) is 5.65. The first-order valence-electron chi connectivity index (χ1n) is 4.83. The van der Waals surface area contributed by atoms with Crippen molar-refractivity contribution in [1.29, 1.82) is 0 Å². The number of hydrogen-bond donors (Lipinski definition) is 0. The Kier molecular flexibility index (Phi) is 2.07. The molecular formula is C13H9OS. The van der Waals surface area contributed by atoms with Crippen molar-refractivity contribution in [2.75, 3.05) is 0 Å². The monoisotopic (exact) mass is 213 g/mol. The highest BCUT2D eigenvalue weighted by atomic mass is 32.1. The van der Waals surface area contributed by atoms with Crippen LogP contribution >= 0.6 is 11.3 Å². The maximum Gasteiger partial charge on any atom is 0.116 e. The van der Waals surface area contributed by atoms with Crippen molar-refractivity contribution in [2.24, 2.45) is 0 Å². The van der Waals surface area contributed by atoms with Crippen molar-refractivity contribution in [3.8, 4) is 0 Å². The molecule has 1 aromatic carbocycles. The molecule has 2 heteroatoms. The quantitative estimate of drug-likeness (QED) is 0.629. The van der Waals surface area contributed by atoms with E-state index < -0.39 is 0 Å². The third-order valence-corrected chi connectivity index (χ3v) is 3.25. The van der Waals surface area contributed by atoms with E-state index in [4.69, 9.17) is 4.42 Å². The summed E-state index contributed by atoms with van der Waals surface area (Å²) in [4.78, 5) is 1.29. The Bertz CT molecular complexity index is 563. The molecule has 0 N–H and O–H groups in total. The summed E-state index contributed by atoms with van der Waals surface area (Å²) in [5.74, 6) is 1.04. The highest BCUT2D eigenvalue weighted by Crippen LogP contribution is 2.24. The SMILES string of the molecule is [c]1ccc(Cc2occ3ccccc23)s1. The Morgan fingerprint density at radius 3 is 3.00 bits per heavy atom. The second-order valence-corrected chi connectivity index (χ2v) is 4.41. The molecule has 0 saturated carbocycles. The van der Waals surface area contributed by atoms with Gasteiger partial charge >= 0.3 is 0 Å². The third kappa shape index (κ3) is 1.57. The van der Waals surface area contributed by atoms with Gasteiger partial charge in [0.05, 0.1) is 6.26 Å². The van der Waals surface area contributed by atoms with Gasteiger partial charge < -0.3 is 4.42 Å². The van der Waals surface area contributed by atoms with Crippen LogP contribution in [0.25, 0.3) is 10.8 Å². The van der Waals surface area contributed by atoms with Gasteiger partial charge in [-0.3, -0.25) is 0 Å². The lowest BCUT2D eigenvalue weighted by Crippen LogP contribution is -1.80. The van der Waals surface area contributed by atoms with Crippen LogP contribution in [0.5, 0.6) is 0 Å². The number of hydrogen-bond acceptors (Lipinski definition) is 2. The highest BCUT2D eigenvalue weighted by Gasteiger charge is 2.06. The molecule has 0 aliphatic heterocycles. The summed E-state index contributed by atoms with van der Waals surface area (Å²) in [6.07, 6.45) is 2.68. The van der Waals surface area contributed by atoms with Crippen LogP contribution in [0.1, 0.15) is 10.6 Å². The van der Waals surface area contributed by atoms with Crippen LogP contribution in [0.15, 0.2) is 47.1 Å². The molecule has 2 aromatic heterocycles. The van der Waals surface area contributed by atoms with E-state index in [1.165, 1.54) is 15.6 Å². The summed E-state index contributed by atoms with van der Waals surface area (Å²) >= 11 is 1.64. The van der Waals surface area contributed by atoms with Gasteiger partial charge in [0.2, 0.25) is 0 Å². The van der Waals surface area contributed by atoms with E-state index in [0.717, 1.165) is 12.2 Å². The zero-order valence-corrected chi connectivity index (χ0v) is 8.88. The number of benzene rings is 1. The predicted octanol–water partition coefficient (Wildman–Crippen LogP) is 3.89. The average Bonchev–Trinajstić information content (AvgIpc) is 2.89. The molecule has 0 aliphatic rings. The van der Waals surface area contributed by atoms with Crippen LogP contribution in [-0.4, -0.2) is 0 Å². The summed E-state index contributed by atoms with van der Waals surface area (Å²) in [7, 11) is 0. The van der Waals surface area contributed by atoms with Crippen LogP contribution in [0.3, 0.4) is 0 Å². The van der Waals surface area contributed by atoms with Gasteiger partial charge in [0.15, 0.2) is 0 Å². The molecule has 1 radical (unpaired) electrons. The fourth-order valence-electron chi connectivity index (χ4n) is 1.71. The molecule has 3 rings (SSSR count). The molecule has 0 spiro atoms. The molecule has 3 aromatic rings. The Morgan fingerprint density at radius 2 is 2.13 bits per heavy atom. The first kappa shape index (κ1) is 8.74. The topological polar surface area (TPSA) is 13.1 Å². The van der Waals surface area contributed by atoms with Crippen molar-refractivity contribution in [2.45, 2.75) is 6.42 Å². The standard InChI is InChI=1S/C13H9OS/c1-2-6-12-10(4-1)9-14-13(12)8-11-5-3-7-15-11/h1-6,9H,8H2. The van der Waals surface area contributed by atoms with Crippen molar-refractivity contribution >= 4 is 22.1 Å². The maximum atomic E-state index is 5.58. The lowest BCUT2D eigenvalue weighted by molar-refractivity contribution is 0.527. The van der Waals surface area contributed by atoms with Crippen molar-refractivity contribution in [3.63, 3.8) is 0 Å². The summed E-state index contributed by atoms with van der Waals surface area (Å²) in [6.45, 7) is 0. The highest BCUT2D eigenvalue weighted by molar-refractivity contribution is 7.09. The Balaban J connectivity index is 2.05. The van der Waals surface area contributed by atoms with E-state index >= 15 is 0 Å². The molecular weight excluding hydrogens is 204 g/mol. The Labute approximate surface area is 92.0 Å². The second kappa shape index (κ2) is 3.55. The summed E-state index contributed by atoms with van der Waals surface area (Å²) in [5.41, 5.74) is 0. The smallest absolute Gasteiger partial charge is 0.116 e. The fraction of sp³-hybridized carbons (Fsp3) is 0.0769. The molecule has 0 saturated heterocycles. The van der Waals surface area contributed by atoms with E-state index in [1.807, 2.05) is 24.5 Å². The van der Waals surface area contributed by atoms with Crippen LogP contribution in [-0.2, 0) is 6.42 Å². The minimum atomic E-state index is 0.863. The molecule has 73 valence electrons. The predicted molar refractivity (Wildman–Crippen MR) is 62.2 cm³/mol. The zero-order valence-electron chi connectivity index (χ0n) is 8.07. The van der Waals surface area contributed by atoms with E-state index in [0.29, 0.717) is 0 Å². The summed E-state index contributed by atoms with van der Waals surface area (Å²) in [6, 6.07) is 12.3. The Morgan fingerprint density at radius 1 is 1.20 bits per heavy atom. The van der Waals surface area contributed by atoms with Gasteiger partial charge in [-0.1, -0.05) is 24.3 Å². The van der Waals surface area contributed by atoms with Crippen LogP contribution < -0.4 is 0 Å². The fourth-order valence-corrected chi connectivity index (χ4v) is 2.34. The largest absolute Gasteiger partial charge is 0.468 e. The molecule has 0 amide bonds. The van der Waals surface area contributed by atoms with E-state index in [2.05, 4.69) is 23.6 Å². The molecule has 0 bridgehead atoms. The minimum Gasteiger partial charge on any atom is -0.468 e. The van der Waals surface area contributed by atoms with Gasteiger partial charge in [0.25, 0.3) is 0 Å². The second-order valence-electron chi connectivity index (χ2n) is 3.44. The molecule has 0 atom stereocenters. The number of thiophene rings is 1. The number of rotatable bonds is 2. The van der Waals surface area contributed by atoms with Gasteiger partial charge in [0, 0.05) is 27.5 Å². The van der Waals surface area contributed by atoms with Crippen LogP contribution in [0.4, 0.5) is 0 Å². The molecule has 0 aliphatic carbocycles. The van der Waals surface area contributed by atoms with E-state index in [-0.39, 0.29) is 0 Å². The van der Waals surface area contributed by atoms with E-state index in [1.54, 1.807) is 11.3 Å². The Hall–Kier alpha value is -1.54. The molecule has 0 fully saturated rings. The zero-order chi connectivity index (χ0) is 10.1.